The molecule has 0 bridgehead atoms. The number of amides is 1. The summed E-state index contributed by atoms with van der Waals surface area (Å²) in [4.78, 5) is 41.2. The van der Waals surface area contributed by atoms with Crippen LogP contribution in [0.4, 0.5) is 0 Å². The average Bonchev–Trinajstić information content (AvgIpc) is 3.89. The van der Waals surface area contributed by atoms with E-state index in [2.05, 4.69) is 50.1 Å². The van der Waals surface area contributed by atoms with Crippen molar-refractivity contribution < 1.29 is 14.3 Å². The second kappa shape index (κ2) is 15.5. The smallest absolute Gasteiger partial charge is 0.265 e. The third-order valence-electron chi connectivity index (χ3n) is 10.1. The van der Waals surface area contributed by atoms with Gasteiger partial charge in [-0.3, -0.25) is 24.4 Å². The van der Waals surface area contributed by atoms with Gasteiger partial charge < -0.3 is 18.9 Å². The number of aryl methyl sites for hydroxylation is 1. The van der Waals surface area contributed by atoms with Crippen LogP contribution in [0.25, 0.3) is 28.0 Å². The second-order valence-corrected chi connectivity index (χ2v) is 14.2. The first-order valence-electron chi connectivity index (χ1n) is 17.4. The molecule has 0 saturated carbocycles. The molecule has 266 valence electrons. The van der Waals surface area contributed by atoms with Gasteiger partial charge in [0.1, 0.15) is 28.1 Å². The van der Waals surface area contributed by atoms with Crippen LogP contribution in [-0.4, -0.2) is 82.1 Å². The Morgan fingerprint density at radius 2 is 1.69 bits per heavy atom. The first-order chi connectivity index (χ1) is 25.4. The largest absolute Gasteiger partial charge is 0.496 e. The van der Waals surface area contributed by atoms with Gasteiger partial charge in [-0.2, -0.15) is 5.26 Å². The first-order valence-corrected chi connectivity index (χ1v) is 18.3. The predicted octanol–water partition coefficient (Wildman–Crippen LogP) is 5.66. The highest BCUT2D eigenvalue weighted by atomic mass is 32.1. The molecule has 5 heterocycles. The molecule has 2 aliphatic heterocycles. The Hall–Kier alpha value is -5.35. The zero-order valence-electron chi connectivity index (χ0n) is 29.6. The summed E-state index contributed by atoms with van der Waals surface area (Å²) in [6, 6.07) is 16.6. The zero-order valence-corrected chi connectivity index (χ0v) is 30.4. The predicted molar refractivity (Wildman–Crippen MR) is 202 cm³/mol. The summed E-state index contributed by atoms with van der Waals surface area (Å²) in [6.45, 7) is 5.83. The molecule has 5 aromatic rings. The highest BCUT2D eigenvalue weighted by molar-refractivity contribution is 7.10. The van der Waals surface area contributed by atoms with E-state index in [-0.39, 0.29) is 23.1 Å². The Morgan fingerprint density at radius 1 is 0.981 bits per heavy atom. The Kier molecular flexibility index (Phi) is 10.4. The summed E-state index contributed by atoms with van der Waals surface area (Å²) in [5.41, 5.74) is 5.17. The fraction of sp³-hybridized carbons (Fsp3) is 0.325. The van der Waals surface area contributed by atoms with E-state index in [0.717, 1.165) is 84.7 Å². The second-order valence-electron chi connectivity index (χ2n) is 13.2. The Bertz CT molecular complexity index is 2180. The quantitative estimate of drug-likeness (QED) is 0.133. The van der Waals surface area contributed by atoms with Gasteiger partial charge in [-0.15, -0.1) is 11.3 Å². The lowest BCUT2D eigenvalue weighted by Gasteiger charge is -2.35. The van der Waals surface area contributed by atoms with Crippen molar-refractivity contribution in [3.05, 3.63) is 110 Å². The topological polar surface area (TPSA) is 117 Å². The minimum atomic E-state index is -0.232. The van der Waals surface area contributed by atoms with E-state index in [0.29, 0.717) is 23.5 Å². The molecule has 1 unspecified atom stereocenters. The van der Waals surface area contributed by atoms with Crippen LogP contribution in [0.1, 0.15) is 40.6 Å². The number of nitrogens with zero attached hydrogens (tertiary/aromatic N) is 7. The molecule has 52 heavy (non-hydrogen) atoms. The molecule has 0 spiro atoms. The summed E-state index contributed by atoms with van der Waals surface area (Å²) < 4.78 is 13.4. The molecule has 2 aromatic carbocycles. The van der Waals surface area contributed by atoms with Crippen LogP contribution in [0.3, 0.4) is 0 Å². The molecule has 1 atom stereocenters. The lowest BCUT2D eigenvalue weighted by atomic mass is 9.98. The summed E-state index contributed by atoms with van der Waals surface area (Å²) in [6.07, 6.45) is 10.2. The molecule has 12 heteroatoms. The van der Waals surface area contributed by atoms with Gasteiger partial charge in [-0.05, 0) is 59.2 Å². The molecule has 2 fully saturated rings. The highest BCUT2D eigenvalue weighted by Gasteiger charge is 2.32. The number of rotatable bonds is 10. The number of hydrogen-bond donors (Lipinski definition) is 0. The summed E-state index contributed by atoms with van der Waals surface area (Å²) in [7, 11) is 5.11. The van der Waals surface area contributed by atoms with Crippen molar-refractivity contribution in [3.8, 4) is 28.7 Å². The molecule has 1 amide bonds. The molecule has 7 rings (SSSR count). The molecule has 0 N–H and O–H groups in total. The molecule has 0 aliphatic carbocycles. The number of ether oxygens (including phenoxy) is 2. The summed E-state index contributed by atoms with van der Waals surface area (Å²) >= 11 is 1.41. The maximum atomic E-state index is 13.3. The van der Waals surface area contributed by atoms with Crippen molar-refractivity contribution in [2.45, 2.75) is 32.0 Å². The van der Waals surface area contributed by atoms with Gasteiger partial charge in [-0.25, -0.2) is 4.98 Å². The van der Waals surface area contributed by atoms with E-state index in [9.17, 15) is 14.9 Å². The number of pyridine rings is 2. The number of hydrogen-bond acceptors (Lipinski definition) is 10. The number of aromatic nitrogens is 3. The third kappa shape index (κ3) is 7.21. The molecule has 11 nitrogen and oxygen atoms in total. The van der Waals surface area contributed by atoms with Gasteiger partial charge in [0, 0.05) is 88.6 Å². The van der Waals surface area contributed by atoms with Crippen LogP contribution in [0.15, 0.2) is 83.0 Å². The number of thiazole rings is 1. The number of benzene rings is 2. The highest BCUT2D eigenvalue weighted by Crippen LogP contribution is 2.38. The van der Waals surface area contributed by atoms with E-state index in [4.69, 9.17) is 9.47 Å². The van der Waals surface area contributed by atoms with Crippen LogP contribution >= 0.6 is 11.3 Å². The number of piperazine rings is 1. The SMILES string of the molecule is COc1cc(-c2cn(C)c(=O)c3cnccc23)cc(OC)c1CN1CCN(Cc2ccc(C3CCCN3C(=O)/C(C#N)=C\c3nccs3)cc2)CC1. The lowest BCUT2D eigenvalue weighted by molar-refractivity contribution is -0.127. The van der Waals surface area contributed by atoms with Gasteiger partial charge in [-0.1, -0.05) is 24.3 Å². The average molecular weight is 716 g/mol. The van der Waals surface area contributed by atoms with Gasteiger partial charge in [0.2, 0.25) is 0 Å². The number of methoxy groups -OCH3 is 2. The van der Waals surface area contributed by atoms with Crippen LogP contribution in [0, 0.1) is 11.3 Å². The van der Waals surface area contributed by atoms with E-state index in [1.807, 2.05) is 34.7 Å². The minimum Gasteiger partial charge on any atom is -0.496 e. The minimum absolute atomic E-state index is 0.0424. The van der Waals surface area contributed by atoms with Gasteiger partial charge >= 0.3 is 0 Å². The van der Waals surface area contributed by atoms with Gasteiger partial charge in [0.25, 0.3) is 11.5 Å². The number of nitriles is 1. The van der Waals surface area contributed by atoms with Crippen LogP contribution in [-0.2, 0) is 24.9 Å². The Morgan fingerprint density at radius 3 is 2.35 bits per heavy atom. The fourth-order valence-electron chi connectivity index (χ4n) is 7.35. The summed E-state index contributed by atoms with van der Waals surface area (Å²) in [5, 5.41) is 13.6. The zero-order chi connectivity index (χ0) is 36.2. The molecule has 3 aromatic heterocycles. The normalized spacial score (nSPS) is 17.0. The third-order valence-corrected chi connectivity index (χ3v) is 10.8. The van der Waals surface area contributed by atoms with Gasteiger partial charge in [0.15, 0.2) is 0 Å². The molecule has 2 saturated heterocycles. The Balaban J connectivity index is 0.988. The van der Waals surface area contributed by atoms with Crippen LogP contribution in [0.2, 0.25) is 0 Å². The van der Waals surface area contributed by atoms with Crippen molar-refractivity contribution in [2.24, 2.45) is 7.05 Å². The lowest BCUT2D eigenvalue weighted by Crippen LogP contribution is -2.45. The standard InChI is InChI=1S/C40H41N7O4S/c1-44-25-33(31-10-11-42-23-32(31)40(44)49)29-19-36(50-2)34(37(20-29)51-3)26-46-16-14-45(15-17-46)24-27-6-8-28(9-7-27)35-5-4-13-47(35)39(48)30(22-41)21-38-43-12-18-52-38/h6-12,18-21,23,25,35H,4-5,13-17,24,26H2,1-3H3/b30-21-. The number of likely N-dealkylation sites (tertiary alicyclic amines) is 1. The Labute approximate surface area is 307 Å². The first kappa shape index (κ1) is 35.1. The van der Waals surface area contributed by atoms with Crippen molar-refractivity contribution in [3.63, 3.8) is 0 Å². The van der Waals surface area contributed by atoms with Crippen LogP contribution < -0.4 is 15.0 Å². The van der Waals surface area contributed by atoms with E-state index < -0.39 is 0 Å². The van der Waals surface area contributed by atoms with E-state index in [1.165, 1.54) is 16.9 Å². The molecule has 2 aliphatic rings. The van der Waals surface area contributed by atoms with Gasteiger partial charge in [0.05, 0.1) is 31.2 Å². The van der Waals surface area contributed by atoms with Crippen LogP contribution in [0.5, 0.6) is 11.5 Å². The van der Waals surface area contributed by atoms with Crippen molar-refractivity contribution >= 4 is 34.1 Å². The molecule has 0 radical (unpaired) electrons. The summed E-state index contributed by atoms with van der Waals surface area (Å²) in [5.74, 6) is 1.26. The maximum Gasteiger partial charge on any atom is 0.265 e. The van der Waals surface area contributed by atoms with Crippen molar-refractivity contribution in [1.29, 1.82) is 5.26 Å². The molecular weight excluding hydrogens is 675 g/mol. The van der Waals surface area contributed by atoms with Crippen molar-refractivity contribution in [2.75, 3.05) is 46.9 Å². The number of fused-ring (bicyclic) bond motifs is 1. The van der Waals surface area contributed by atoms with E-state index >= 15 is 0 Å². The monoisotopic (exact) mass is 715 g/mol. The van der Waals surface area contributed by atoms with E-state index in [1.54, 1.807) is 50.5 Å². The molecular formula is C40H41N7O4S. The maximum absolute atomic E-state index is 13.3. The number of carbonyl (C=O) groups excluding carboxylic acids is 1. The fourth-order valence-corrected chi connectivity index (χ4v) is 7.92. The number of carbonyl (C=O) groups is 1. The van der Waals surface area contributed by atoms with Crippen molar-refractivity contribution in [1.82, 2.24) is 29.2 Å².